The summed E-state index contributed by atoms with van der Waals surface area (Å²) in [4.78, 5) is 13.7. The molecule has 0 bridgehead atoms. The topological polar surface area (TPSA) is 70.7 Å². The number of benzene rings is 1. The van der Waals surface area contributed by atoms with Crippen LogP contribution < -0.4 is 4.74 Å². The molecule has 4 aromatic rings. The molecule has 0 aliphatic carbocycles. The fraction of sp³-hybridized carbons (Fsp3) is 0.273. The van der Waals surface area contributed by atoms with Crippen LogP contribution in [-0.2, 0) is 6.54 Å². The maximum atomic E-state index is 13.7. The number of ether oxygens (including phenoxy) is 1. The number of hydrogen-bond donors (Lipinski definition) is 0. The van der Waals surface area contributed by atoms with Crippen molar-refractivity contribution in [2.75, 3.05) is 7.11 Å². The maximum Gasteiger partial charge on any atom is 0.238 e. The van der Waals surface area contributed by atoms with Crippen LogP contribution in [0.4, 0.5) is 4.39 Å². The normalized spacial score (nSPS) is 15.7. The predicted octanol–water partition coefficient (Wildman–Crippen LogP) is 4.67. The van der Waals surface area contributed by atoms with Gasteiger partial charge in [0.15, 0.2) is 5.82 Å². The summed E-state index contributed by atoms with van der Waals surface area (Å²) in [7, 11) is 1.59. The van der Waals surface area contributed by atoms with Gasteiger partial charge in [0.2, 0.25) is 5.88 Å². The average molecular weight is 483 g/mol. The summed E-state index contributed by atoms with van der Waals surface area (Å²) in [5, 5.41) is 4.70. The molecule has 9 heteroatoms. The monoisotopic (exact) mass is 482 g/mol. The Labute approximate surface area is 187 Å². The molecule has 0 saturated heterocycles. The molecule has 0 saturated carbocycles. The lowest BCUT2D eigenvalue weighted by Gasteiger charge is -2.22. The molecule has 0 radical (unpaired) electrons. The largest absolute Gasteiger partial charge is 0.479 e. The molecule has 0 amide bonds. The Morgan fingerprint density at radius 2 is 2.06 bits per heavy atom. The van der Waals surface area contributed by atoms with Gasteiger partial charge in [-0.3, -0.25) is 0 Å². The second-order valence-corrected chi connectivity index (χ2v) is 8.39. The molecule has 0 spiro atoms. The lowest BCUT2D eigenvalue weighted by atomic mass is 9.91. The molecular weight excluding hydrogens is 463 g/mol. The first-order valence-corrected chi connectivity index (χ1v) is 10.8. The van der Waals surface area contributed by atoms with Gasteiger partial charge in [-0.1, -0.05) is 6.07 Å². The van der Waals surface area contributed by atoms with E-state index in [0.717, 1.165) is 42.2 Å². The maximum absolute atomic E-state index is 13.7. The van der Waals surface area contributed by atoms with E-state index in [1.165, 1.54) is 6.07 Å². The van der Waals surface area contributed by atoms with Crippen LogP contribution in [0.25, 0.3) is 17.2 Å². The highest BCUT2D eigenvalue weighted by Gasteiger charge is 2.27. The molecule has 0 fully saturated rings. The van der Waals surface area contributed by atoms with E-state index in [9.17, 15) is 4.39 Å². The van der Waals surface area contributed by atoms with Crippen LogP contribution in [0.15, 0.2) is 47.3 Å². The van der Waals surface area contributed by atoms with Crippen molar-refractivity contribution in [2.24, 2.45) is 0 Å². The van der Waals surface area contributed by atoms with E-state index < -0.39 is 0 Å². The van der Waals surface area contributed by atoms with Crippen LogP contribution in [0.1, 0.15) is 35.8 Å². The third-order valence-corrected chi connectivity index (χ3v) is 6.08. The van der Waals surface area contributed by atoms with Crippen molar-refractivity contribution >= 4 is 15.9 Å². The summed E-state index contributed by atoms with van der Waals surface area (Å²) in [6.07, 6.45) is 5.56. The van der Waals surface area contributed by atoms with Gasteiger partial charge < -0.3 is 9.30 Å². The van der Waals surface area contributed by atoms with Crippen molar-refractivity contribution in [3.8, 4) is 23.1 Å². The minimum absolute atomic E-state index is 0.0574. The van der Waals surface area contributed by atoms with E-state index in [0.29, 0.717) is 21.9 Å². The molecule has 1 atom stereocenters. The van der Waals surface area contributed by atoms with Crippen LogP contribution in [0.5, 0.6) is 5.88 Å². The second-order valence-electron chi connectivity index (χ2n) is 7.53. The van der Waals surface area contributed by atoms with Crippen LogP contribution in [0.2, 0.25) is 0 Å². The molecule has 3 aromatic heterocycles. The van der Waals surface area contributed by atoms with E-state index in [1.54, 1.807) is 13.4 Å². The SMILES string of the molecule is COc1nc(-c2nc3n(n2)CCC[C@H]3c2ccc(F)c(Br)c2)ccc1-n1cnc(C)c1. The van der Waals surface area contributed by atoms with E-state index in [4.69, 9.17) is 14.8 Å². The van der Waals surface area contributed by atoms with Gasteiger partial charge in [-0.05, 0) is 65.5 Å². The third-order valence-electron chi connectivity index (χ3n) is 5.47. The molecule has 31 heavy (non-hydrogen) atoms. The minimum atomic E-state index is -0.272. The molecule has 0 unspecified atom stereocenters. The van der Waals surface area contributed by atoms with E-state index in [-0.39, 0.29) is 11.7 Å². The lowest BCUT2D eigenvalue weighted by Crippen LogP contribution is -2.18. The Morgan fingerprint density at radius 1 is 1.19 bits per heavy atom. The van der Waals surface area contributed by atoms with Crippen molar-refractivity contribution in [2.45, 2.75) is 32.2 Å². The van der Waals surface area contributed by atoms with Crippen molar-refractivity contribution in [1.29, 1.82) is 0 Å². The first-order chi connectivity index (χ1) is 15.0. The fourth-order valence-electron chi connectivity index (χ4n) is 3.96. The standard InChI is InChI=1S/C22H20BrFN6O/c1-13-11-29(12-25-13)19-8-7-18(26-22(19)31-2)20-27-21-15(4-3-9-30(21)28-20)14-5-6-17(24)16(23)10-14/h5-8,10-12,15H,3-4,9H2,1-2H3/t15-/m0/s1. The average Bonchev–Trinajstić information content (AvgIpc) is 3.41. The van der Waals surface area contributed by atoms with Gasteiger partial charge in [0.25, 0.3) is 0 Å². The number of fused-ring (bicyclic) bond motifs is 1. The van der Waals surface area contributed by atoms with Gasteiger partial charge >= 0.3 is 0 Å². The molecule has 7 nitrogen and oxygen atoms in total. The Morgan fingerprint density at radius 3 is 2.81 bits per heavy atom. The van der Waals surface area contributed by atoms with Gasteiger partial charge in [-0.2, -0.15) is 0 Å². The summed E-state index contributed by atoms with van der Waals surface area (Å²) < 4.78 is 23.5. The van der Waals surface area contributed by atoms with Crippen LogP contribution in [0.3, 0.4) is 0 Å². The molecule has 0 N–H and O–H groups in total. The number of rotatable bonds is 4. The van der Waals surface area contributed by atoms with Crippen molar-refractivity contribution in [3.05, 3.63) is 70.2 Å². The Hall–Kier alpha value is -3.07. The van der Waals surface area contributed by atoms with Crippen LogP contribution in [0, 0.1) is 12.7 Å². The van der Waals surface area contributed by atoms with Gasteiger partial charge in [-0.25, -0.2) is 24.0 Å². The Kier molecular flexibility index (Phi) is 5.05. The smallest absolute Gasteiger partial charge is 0.238 e. The number of halogens is 2. The highest BCUT2D eigenvalue weighted by molar-refractivity contribution is 9.10. The summed E-state index contributed by atoms with van der Waals surface area (Å²) in [5.74, 6) is 1.68. The number of aromatic nitrogens is 6. The van der Waals surface area contributed by atoms with E-state index >= 15 is 0 Å². The minimum Gasteiger partial charge on any atom is -0.479 e. The zero-order chi connectivity index (χ0) is 21.5. The summed E-state index contributed by atoms with van der Waals surface area (Å²) >= 11 is 3.29. The Bertz CT molecular complexity index is 1270. The van der Waals surface area contributed by atoms with Gasteiger partial charge in [0.1, 0.15) is 23.0 Å². The summed E-state index contributed by atoms with van der Waals surface area (Å²) in [6.45, 7) is 2.73. The molecule has 5 rings (SSSR count). The number of imidazole rings is 1. The number of hydrogen-bond acceptors (Lipinski definition) is 5. The summed E-state index contributed by atoms with van der Waals surface area (Å²) in [5.41, 5.74) is 3.36. The predicted molar refractivity (Wildman–Crippen MR) is 117 cm³/mol. The highest BCUT2D eigenvalue weighted by Crippen LogP contribution is 2.35. The highest BCUT2D eigenvalue weighted by atomic mass is 79.9. The molecule has 158 valence electrons. The van der Waals surface area contributed by atoms with Gasteiger partial charge in [0, 0.05) is 18.7 Å². The lowest BCUT2D eigenvalue weighted by molar-refractivity contribution is 0.396. The molecule has 4 heterocycles. The number of methoxy groups -OCH3 is 1. The number of nitrogens with zero attached hydrogens (tertiary/aromatic N) is 6. The number of pyridine rings is 1. The number of aryl methyl sites for hydroxylation is 2. The first kappa shape index (κ1) is 19.9. The molecular formula is C22H20BrFN6O. The van der Waals surface area contributed by atoms with Gasteiger partial charge in [-0.15, -0.1) is 5.10 Å². The zero-order valence-electron chi connectivity index (χ0n) is 17.1. The summed E-state index contributed by atoms with van der Waals surface area (Å²) in [6, 6.07) is 8.94. The van der Waals surface area contributed by atoms with E-state index in [2.05, 4.69) is 25.9 Å². The fourth-order valence-corrected chi connectivity index (χ4v) is 4.36. The molecule has 1 aromatic carbocycles. The van der Waals surface area contributed by atoms with E-state index in [1.807, 2.05) is 46.6 Å². The molecule has 1 aliphatic heterocycles. The first-order valence-electron chi connectivity index (χ1n) is 9.99. The van der Waals surface area contributed by atoms with Crippen molar-refractivity contribution < 1.29 is 9.13 Å². The second kappa shape index (κ2) is 7.88. The third kappa shape index (κ3) is 3.63. The van der Waals surface area contributed by atoms with Crippen molar-refractivity contribution in [3.63, 3.8) is 0 Å². The quantitative estimate of drug-likeness (QED) is 0.422. The Balaban J connectivity index is 1.52. The van der Waals surface area contributed by atoms with Crippen LogP contribution in [-0.4, -0.2) is 36.4 Å². The van der Waals surface area contributed by atoms with Gasteiger partial charge in [0.05, 0.1) is 23.6 Å². The van der Waals surface area contributed by atoms with Crippen molar-refractivity contribution in [1.82, 2.24) is 29.3 Å². The molecule has 1 aliphatic rings. The zero-order valence-corrected chi connectivity index (χ0v) is 18.7. The van der Waals surface area contributed by atoms with Crippen LogP contribution >= 0.6 is 15.9 Å².